The van der Waals surface area contributed by atoms with Gasteiger partial charge in [-0.05, 0) is 20.3 Å². The maximum absolute atomic E-state index is 12.5. The molecule has 1 amide bonds. The van der Waals surface area contributed by atoms with E-state index >= 15 is 0 Å². The van der Waals surface area contributed by atoms with E-state index in [1.165, 1.54) is 11.3 Å². The van der Waals surface area contributed by atoms with Crippen LogP contribution in [0.1, 0.15) is 29.9 Å². The molecule has 0 aromatic carbocycles. The van der Waals surface area contributed by atoms with Gasteiger partial charge in [0.05, 0.1) is 6.10 Å². The van der Waals surface area contributed by atoms with Crippen molar-refractivity contribution in [1.29, 1.82) is 0 Å². The summed E-state index contributed by atoms with van der Waals surface area (Å²) in [6, 6.07) is 0. The summed E-state index contributed by atoms with van der Waals surface area (Å²) in [5, 5.41) is 3.78. The number of nitrogens with two attached hydrogens (primary N) is 1. The van der Waals surface area contributed by atoms with Crippen molar-refractivity contribution >= 4 is 28.2 Å². The second-order valence-electron chi connectivity index (χ2n) is 4.55. The number of amides is 1. The van der Waals surface area contributed by atoms with Gasteiger partial charge in [0.1, 0.15) is 10.7 Å². The Hall–Kier alpha value is -1.34. The summed E-state index contributed by atoms with van der Waals surface area (Å²) < 4.78 is 5.54. The fourth-order valence-corrected chi connectivity index (χ4v) is 2.95. The maximum atomic E-state index is 12.5. The Morgan fingerprint density at radius 3 is 3.21 bits per heavy atom. The van der Waals surface area contributed by atoms with Crippen LogP contribution < -0.4 is 11.1 Å². The van der Waals surface area contributed by atoms with Gasteiger partial charge in [0, 0.05) is 26.2 Å². The predicted octanol–water partition coefficient (Wildman–Crippen LogP) is 1.41. The quantitative estimate of drug-likeness (QED) is 0.877. The van der Waals surface area contributed by atoms with Gasteiger partial charge in [0.15, 0.2) is 5.13 Å². The van der Waals surface area contributed by atoms with Crippen LogP contribution in [0.15, 0.2) is 0 Å². The van der Waals surface area contributed by atoms with Crippen LogP contribution in [0.2, 0.25) is 0 Å². The van der Waals surface area contributed by atoms with Crippen molar-refractivity contribution in [2.45, 2.75) is 26.4 Å². The van der Waals surface area contributed by atoms with Crippen molar-refractivity contribution in [2.75, 3.05) is 37.3 Å². The summed E-state index contributed by atoms with van der Waals surface area (Å²) in [6.45, 7) is 6.73. The van der Waals surface area contributed by atoms with Gasteiger partial charge in [-0.25, -0.2) is 4.98 Å². The van der Waals surface area contributed by atoms with Crippen molar-refractivity contribution in [3.8, 4) is 0 Å². The Morgan fingerprint density at radius 1 is 1.68 bits per heavy atom. The molecule has 1 unspecified atom stereocenters. The summed E-state index contributed by atoms with van der Waals surface area (Å²) >= 11 is 1.31. The number of ether oxygens (including phenoxy) is 1. The molecule has 1 atom stereocenters. The molecule has 2 rings (SSSR count). The highest BCUT2D eigenvalue weighted by Crippen LogP contribution is 2.26. The molecule has 2 heterocycles. The van der Waals surface area contributed by atoms with Gasteiger partial charge < -0.3 is 20.7 Å². The van der Waals surface area contributed by atoms with E-state index < -0.39 is 0 Å². The van der Waals surface area contributed by atoms with Crippen molar-refractivity contribution in [3.63, 3.8) is 0 Å². The first-order valence-corrected chi connectivity index (χ1v) is 7.34. The number of anilines is 2. The van der Waals surface area contributed by atoms with Gasteiger partial charge in [-0.1, -0.05) is 11.3 Å². The molecule has 0 spiro atoms. The van der Waals surface area contributed by atoms with Crippen LogP contribution in [0.4, 0.5) is 10.9 Å². The van der Waals surface area contributed by atoms with Gasteiger partial charge in [-0.3, -0.25) is 4.79 Å². The van der Waals surface area contributed by atoms with E-state index in [-0.39, 0.29) is 12.0 Å². The zero-order chi connectivity index (χ0) is 13.8. The second kappa shape index (κ2) is 6.21. The van der Waals surface area contributed by atoms with Crippen LogP contribution in [-0.4, -0.2) is 48.1 Å². The molecule has 0 saturated carbocycles. The number of carbonyl (C=O) groups excluding carboxylic acids is 1. The van der Waals surface area contributed by atoms with Crippen LogP contribution in [-0.2, 0) is 4.74 Å². The molecule has 1 aliphatic rings. The molecule has 106 valence electrons. The van der Waals surface area contributed by atoms with E-state index in [4.69, 9.17) is 10.5 Å². The van der Waals surface area contributed by atoms with Crippen molar-refractivity contribution in [1.82, 2.24) is 9.88 Å². The molecule has 0 bridgehead atoms. The first kappa shape index (κ1) is 14.1. The molecular formula is C12H20N4O2S. The molecule has 1 aliphatic heterocycles. The van der Waals surface area contributed by atoms with Crippen LogP contribution in [0.25, 0.3) is 0 Å². The summed E-state index contributed by atoms with van der Waals surface area (Å²) in [5.41, 5.74) is 5.83. The van der Waals surface area contributed by atoms with Gasteiger partial charge in [-0.2, -0.15) is 0 Å². The molecule has 0 radical (unpaired) electrons. The molecular weight excluding hydrogens is 264 g/mol. The fourth-order valence-electron chi connectivity index (χ4n) is 2.03. The average molecular weight is 284 g/mol. The Balaban J connectivity index is 2.13. The topological polar surface area (TPSA) is 80.5 Å². The summed E-state index contributed by atoms with van der Waals surface area (Å²) in [7, 11) is 0. The summed E-state index contributed by atoms with van der Waals surface area (Å²) in [6.07, 6.45) is 0.920. The number of rotatable bonds is 3. The van der Waals surface area contributed by atoms with E-state index in [9.17, 15) is 4.79 Å². The van der Waals surface area contributed by atoms with Gasteiger partial charge in [0.2, 0.25) is 0 Å². The van der Waals surface area contributed by atoms with E-state index in [1.54, 1.807) is 4.90 Å². The lowest BCUT2D eigenvalue weighted by Gasteiger charge is -2.21. The second-order valence-corrected chi connectivity index (χ2v) is 5.55. The number of aromatic nitrogens is 1. The molecule has 1 saturated heterocycles. The number of carbonyl (C=O) groups is 1. The molecule has 7 heteroatoms. The van der Waals surface area contributed by atoms with Crippen molar-refractivity contribution < 1.29 is 9.53 Å². The zero-order valence-corrected chi connectivity index (χ0v) is 12.1. The normalized spacial score (nSPS) is 20.1. The van der Waals surface area contributed by atoms with Crippen LogP contribution in [0.3, 0.4) is 0 Å². The number of hydrogen-bond donors (Lipinski definition) is 2. The predicted molar refractivity (Wildman–Crippen MR) is 76.6 cm³/mol. The monoisotopic (exact) mass is 284 g/mol. The number of nitrogen functional groups attached to an aromatic ring is 1. The van der Waals surface area contributed by atoms with Gasteiger partial charge in [0.25, 0.3) is 5.91 Å². The Morgan fingerprint density at radius 2 is 2.47 bits per heavy atom. The lowest BCUT2D eigenvalue weighted by Crippen LogP contribution is -2.35. The van der Waals surface area contributed by atoms with E-state index in [0.29, 0.717) is 35.5 Å². The lowest BCUT2D eigenvalue weighted by atomic mass is 10.3. The first-order valence-electron chi connectivity index (χ1n) is 6.52. The molecule has 1 aromatic rings. The molecule has 3 N–H and O–H groups in total. The third kappa shape index (κ3) is 3.36. The number of nitrogens with zero attached hydrogens (tertiary/aromatic N) is 2. The average Bonchev–Trinajstić information content (AvgIpc) is 2.59. The highest BCUT2D eigenvalue weighted by atomic mass is 32.1. The summed E-state index contributed by atoms with van der Waals surface area (Å²) in [5.74, 6) is 0.264. The lowest BCUT2D eigenvalue weighted by molar-refractivity contribution is 0.0566. The Labute approximate surface area is 116 Å². The van der Waals surface area contributed by atoms with Crippen molar-refractivity contribution in [2.24, 2.45) is 0 Å². The largest absolute Gasteiger partial charge is 0.382 e. The van der Waals surface area contributed by atoms with Crippen LogP contribution in [0.5, 0.6) is 0 Å². The van der Waals surface area contributed by atoms with Crippen LogP contribution in [0, 0.1) is 0 Å². The minimum atomic E-state index is -0.0449. The number of thiazole rings is 1. The van der Waals surface area contributed by atoms with E-state index in [1.807, 2.05) is 13.8 Å². The first-order chi connectivity index (χ1) is 9.11. The van der Waals surface area contributed by atoms with E-state index in [2.05, 4.69) is 10.3 Å². The Bertz CT molecular complexity index is 449. The minimum absolute atomic E-state index is 0.0449. The fraction of sp³-hybridized carbons (Fsp3) is 0.667. The maximum Gasteiger partial charge on any atom is 0.267 e. The smallest absolute Gasteiger partial charge is 0.267 e. The third-order valence-corrected chi connectivity index (χ3v) is 3.93. The highest BCUT2D eigenvalue weighted by Gasteiger charge is 2.25. The molecule has 0 aliphatic carbocycles. The number of nitrogens with one attached hydrogen (secondary N) is 1. The van der Waals surface area contributed by atoms with Gasteiger partial charge in [-0.15, -0.1) is 0 Å². The Kier molecular flexibility index (Phi) is 4.60. The zero-order valence-electron chi connectivity index (χ0n) is 11.3. The molecule has 19 heavy (non-hydrogen) atoms. The highest BCUT2D eigenvalue weighted by molar-refractivity contribution is 7.18. The standard InChI is InChI=1S/C12H20N4O2S/c1-3-14-12-15-10(13)9(19-12)11(17)16-5-4-6-18-8(2)7-16/h8H,3-7,13H2,1-2H3,(H,14,15). The third-order valence-electron chi connectivity index (χ3n) is 2.92. The SMILES string of the molecule is CCNc1nc(N)c(C(=O)N2CCCOC(C)C2)s1. The molecule has 1 aromatic heterocycles. The van der Waals surface area contributed by atoms with Crippen molar-refractivity contribution in [3.05, 3.63) is 4.88 Å². The van der Waals surface area contributed by atoms with Crippen LogP contribution >= 0.6 is 11.3 Å². The summed E-state index contributed by atoms with van der Waals surface area (Å²) in [4.78, 5) is 19.0. The minimum Gasteiger partial charge on any atom is -0.382 e. The van der Waals surface area contributed by atoms with E-state index in [0.717, 1.165) is 13.0 Å². The van der Waals surface area contributed by atoms with Gasteiger partial charge >= 0.3 is 0 Å². The molecule has 1 fully saturated rings. The molecule has 6 nitrogen and oxygen atoms in total. The number of hydrogen-bond acceptors (Lipinski definition) is 6.